The van der Waals surface area contributed by atoms with Gasteiger partial charge in [0.2, 0.25) is 0 Å². The van der Waals surface area contributed by atoms with E-state index in [0.717, 1.165) is 12.5 Å². The van der Waals surface area contributed by atoms with Gasteiger partial charge in [0.1, 0.15) is 0 Å². The van der Waals surface area contributed by atoms with Gasteiger partial charge in [0.15, 0.2) is 0 Å². The van der Waals surface area contributed by atoms with Crippen LogP contribution in [0.3, 0.4) is 0 Å². The third-order valence-corrected chi connectivity index (χ3v) is 5.66. The van der Waals surface area contributed by atoms with Gasteiger partial charge in [-0.2, -0.15) is 0 Å². The molecular weight excluding hydrogens is 258 g/mol. The second-order valence-corrected chi connectivity index (χ2v) is 7.17. The van der Waals surface area contributed by atoms with E-state index in [4.69, 9.17) is 0 Å². The topological polar surface area (TPSA) is 32.3 Å². The summed E-state index contributed by atoms with van der Waals surface area (Å²) in [6.07, 6.45) is 7.73. The zero-order chi connectivity index (χ0) is 14.7. The van der Waals surface area contributed by atoms with Crippen LogP contribution in [0.15, 0.2) is 24.3 Å². The summed E-state index contributed by atoms with van der Waals surface area (Å²) in [5.74, 6) is 1.99. The summed E-state index contributed by atoms with van der Waals surface area (Å²) in [4.78, 5) is 0. The Hall–Kier alpha value is -0.860. The molecule has 2 nitrogen and oxygen atoms in total. The third kappa shape index (κ3) is 3.67. The van der Waals surface area contributed by atoms with E-state index in [0.29, 0.717) is 24.5 Å². The Labute approximate surface area is 129 Å². The number of nitrogens with one attached hydrogen (secondary N) is 1. The molecule has 0 spiro atoms. The highest BCUT2D eigenvalue weighted by atomic mass is 16.3. The summed E-state index contributed by atoms with van der Waals surface area (Å²) in [5.41, 5.74) is 2.85. The van der Waals surface area contributed by atoms with Crippen molar-refractivity contribution in [2.24, 2.45) is 11.8 Å². The molecule has 1 aromatic rings. The van der Waals surface area contributed by atoms with Gasteiger partial charge in [0, 0.05) is 12.6 Å². The Kier molecular flexibility index (Phi) is 4.97. The number of aliphatic hydroxyl groups excluding tert-OH is 1. The largest absolute Gasteiger partial charge is 0.396 e. The van der Waals surface area contributed by atoms with E-state index >= 15 is 0 Å². The van der Waals surface area contributed by atoms with Gasteiger partial charge in [-0.25, -0.2) is 0 Å². The molecule has 0 bridgehead atoms. The third-order valence-electron chi connectivity index (χ3n) is 5.66. The maximum absolute atomic E-state index is 9.48. The number of hydrogen-bond donors (Lipinski definition) is 2. The molecule has 3 rings (SSSR count). The molecule has 0 heterocycles. The number of aliphatic hydroxyl groups is 1. The van der Waals surface area contributed by atoms with E-state index in [1.807, 2.05) is 0 Å². The van der Waals surface area contributed by atoms with Crippen molar-refractivity contribution >= 4 is 0 Å². The molecule has 2 atom stereocenters. The second kappa shape index (κ2) is 6.93. The van der Waals surface area contributed by atoms with Crippen LogP contribution in [0, 0.1) is 18.8 Å². The maximum Gasteiger partial charge on any atom is 0.0462 e. The fourth-order valence-corrected chi connectivity index (χ4v) is 4.01. The molecule has 2 aliphatic carbocycles. The Morgan fingerprint density at radius 1 is 1.05 bits per heavy atom. The molecule has 116 valence electrons. The highest BCUT2D eigenvalue weighted by Gasteiger charge is 2.31. The first-order valence-electron chi connectivity index (χ1n) is 8.67. The Morgan fingerprint density at radius 3 is 2.38 bits per heavy atom. The molecule has 2 unspecified atom stereocenters. The molecule has 21 heavy (non-hydrogen) atoms. The smallest absolute Gasteiger partial charge is 0.0462 e. The van der Waals surface area contributed by atoms with Crippen molar-refractivity contribution in [3.63, 3.8) is 0 Å². The first kappa shape index (κ1) is 15.1. The quantitative estimate of drug-likeness (QED) is 0.867. The Morgan fingerprint density at radius 2 is 1.71 bits per heavy atom. The molecular formula is C19H29NO. The first-order chi connectivity index (χ1) is 10.3. The summed E-state index contributed by atoms with van der Waals surface area (Å²) in [6, 6.07) is 9.73. The molecule has 2 fully saturated rings. The highest BCUT2D eigenvalue weighted by Crippen LogP contribution is 2.37. The van der Waals surface area contributed by atoms with E-state index < -0.39 is 0 Å². The standard InChI is InChI=1S/C19H29NO/c1-14-6-8-15(9-7-14)18-10-19(11-18)20-12-16-4-2-3-5-17(16)13-21/h6-9,16-21H,2-5,10-13H2,1H3. The van der Waals surface area contributed by atoms with Crippen LogP contribution in [0.5, 0.6) is 0 Å². The number of benzene rings is 1. The van der Waals surface area contributed by atoms with Crippen LogP contribution in [0.4, 0.5) is 0 Å². The Balaban J connectivity index is 1.41. The minimum atomic E-state index is 0.378. The van der Waals surface area contributed by atoms with Gasteiger partial charge in [-0.05, 0) is 62.5 Å². The molecule has 2 heteroatoms. The van der Waals surface area contributed by atoms with Gasteiger partial charge in [-0.3, -0.25) is 0 Å². The summed E-state index contributed by atoms with van der Waals surface area (Å²) in [6.45, 7) is 3.64. The van der Waals surface area contributed by atoms with Crippen LogP contribution in [0.1, 0.15) is 55.6 Å². The van der Waals surface area contributed by atoms with E-state index in [9.17, 15) is 5.11 Å². The number of aryl methyl sites for hydroxylation is 1. The minimum Gasteiger partial charge on any atom is -0.396 e. The van der Waals surface area contributed by atoms with Gasteiger partial charge in [-0.1, -0.05) is 42.7 Å². The van der Waals surface area contributed by atoms with Crippen LogP contribution in [-0.2, 0) is 0 Å². The van der Waals surface area contributed by atoms with E-state index in [-0.39, 0.29) is 0 Å². The van der Waals surface area contributed by atoms with Crippen molar-refractivity contribution in [3.8, 4) is 0 Å². The molecule has 0 saturated heterocycles. The average Bonchev–Trinajstić information content (AvgIpc) is 2.48. The molecule has 1 aromatic carbocycles. The van der Waals surface area contributed by atoms with Gasteiger partial charge >= 0.3 is 0 Å². The molecule has 2 saturated carbocycles. The van der Waals surface area contributed by atoms with Crippen molar-refractivity contribution in [2.45, 2.75) is 57.4 Å². The van der Waals surface area contributed by atoms with E-state index in [1.165, 1.54) is 49.7 Å². The lowest BCUT2D eigenvalue weighted by Crippen LogP contribution is -2.44. The summed E-state index contributed by atoms with van der Waals surface area (Å²) < 4.78 is 0. The van der Waals surface area contributed by atoms with Gasteiger partial charge < -0.3 is 10.4 Å². The summed E-state index contributed by atoms with van der Waals surface area (Å²) >= 11 is 0. The number of rotatable bonds is 5. The molecule has 2 N–H and O–H groups in total. The van der Waals surface area contributed by atoms with Crippen molar-refractivity contribution in [1.82, 2.24) is 5.32 Å². The normalized spacial score (nSPS) is 32.7. The lowest BCUT2D eigenvalue weighted by molar-refractivity contribution is 0.126. The fourth-order valence-electron chi connectivity index (χ4n) is 4.01. The van der Waals surface area contributed by atoms with Gasteiger partial charge in [-0.15, -0.1) is 0 Å². The van der Waals surface area contributed by atoms with E-state index in [2.05, 4.69) is 36.5 Å². The summed E-state index contributed by atoms with van der Waals surface area (Å²) in [7, 11) is 0. The van der Waals surface area contributed by atoms with Crippen molar-refractivity contribution < 1.29 is 5.11 Å². The van der Waals surface area contributed by atoms with Crippen molar-refractivity contribution in [3.05, 3.63) is 35.4 Å². The average molecular weight is 287 g/mol. The van der Waals surface area contributed by atoms with Crippen LogP contribution in [-0.4, -0.2) is 24.3 Å². The van der Waals surface area contributed by atoms with Crippen molar-refractivity contribution in [2.75, 3.05) is 13.2 Å². The highest BCUT2D eigenvalue weighted by molar-refractivity contribution is 5.26. The zero-order valence-corrected chi connectivity index (χ0v) is 13.2. The minimum absolute atomic E-state index is 0.378. The second-order valence-electron chi connectivity index (χ2n) is 7.17. The van der Waals surface area contributed by atoms with Crippen molar-refractivity contribution in [1.29, 1.82) is 0 Å². The number of hydrogen-bond acceptors (Lipinski definition) is 2. The monoisotopic (exact) mass is 287 g/mol. The molecule has 0 radical (unpaired) electrons. The molecule has 0 aromatic heterocycles. The summed E-state index contributed by atoms with van der Waals surface area (Å²) in [5, 5.41) is 13.2. The Bertz CT molecular complexity index is 435. The van der Waals surface area contributed by atoms with Gasteiger partial charge in [0.25, 0.3) is 0 Å². The lowest BCUT2D eigenvalue weighted by atomic mass is 9.75. The zero-order valence-electron chi connectivity index (χ0n) is 13.2. The van der Waals surface area contributed by atoms with Gasteiger partial charge in [0.05, 0.1) is 0 Å². The van der Waals surface area contributed by atoms with Crippen LogP contribution in [0.2, 0.25) is 0 Å². The molecule has 0 aliphatic heterocycles. The van der Waals surface area contributed by atoms with E-state index in [1.54, 1.807) is 0 Å². The predicted octanol–water partition coefficient (Wildman–Crippen LogP) is 3.63. The predicted molar refractivity (Wildman–Crippen MR) is 87.5 cm³/mol. The maximum atomic E-state index is 9.48. The SMILES string of the molecule is Cc1ccc(C2CC(NCC3CCCCC3CO)C2)cc1. The fraction of sp³-hybridized carbons (Fsp3) is 0.684. The van der Waals surface area contributed by atoms with Crippen LogP contribution >= 0.6 is 0 Å². The van der Waals surface area contributed by atoms with Crippen LogP contribution < -0.4 is 5.32 Å². The first-order valence-corrected chi connectivity index (χ1v) is 8.67. The van der Waals surface area contributed by atoms with Crippen LogP contribution in [0.25, 0.3) is 0 Å². The molecule has 2 aliphatic rings. The molecule has 0 amide bonds. The lowest BCUT2D eigenvalue weighted by Gasteiger charge is -2.39.